The Hall–Kier alpha value is -2.15. The summed E-state index contributed by atoms with van der Waals surface area (Å²) in [5.74, 6) is -0.115. The average Bonchev–Trinajstić information content (AvgIpc) is 2.69. The number of urea groups is 1. The van der Waals surface area contributed by atoms with Crippen LogP contribution in [-0.4, -0.2) is 73.0 Å². The van der Waals surface area contributed by atoms with Gasteiger partial charge in [0.2, 0.25) is 5.91 Å². The molecule has 0 spiro atoms. The molecule has 3 amide bonds. The van der Waals surface area contributed by atoms with Crippen LogP contribution >= 0.6 is 0 Å². The highest BCUT2D eigenvalue weighted by Gasteiger charge is 2.30. The Morgan fingerprint density at radius 2 is 1.86 bits per heavy atom. The molecule has 0 bridgehead atoms. The van der Waals surface area contributed by atoms with Crippen LogP contribution in [0.3, 0.4) is 0 Å². The van der Waals surface area contributed by atoms with E-state index in [2.05, 4.69) is 10.2 Å². The number of benzene rings is 1. The molecule has 2 aliphatic heterocycles. The zero-order valence-corrected chi connectivity index (χ0v) is 16.9. The van der Waals surface area contributed by atoms with Gasteiger partial charge in [-0.1, -0.05) is 18.2 Å². The molecule has 0 aliphatic carbocycles. The number of hydrogen-bond donors (Lipinski definition) is 1. The maximum absolute atomic E-state index is 13.9. The summed E-state index contributed by atoms with van der Waals surface area (Å²) in [4.78, 5) is 30.3. The predicted octanol–water partition coefficient (Wildman–Crippen LogP) is 2.30. The topological polar surface area (TPSA) is 55.9 Å². The summed E-state index contributed by atoms with van der Waals surface area (Å²) in [7, 11) is 3.49. The fraction of sp³-hybridized carbons (Fsp3) is 0.619. The molecule has 3 rings (SSSR count). The molecule has 0 unspecified atom stereocenters. The summed E-state index contributed by atoms with van der Waals surface area (Å²) >= 11 is 0. The highest BCUT2D eigenvalue weighted by Crippen LogP contribution is 2.20. The lowest BCUT2D eigenvalue weighted by molar-refractivity contribution is -0.127. The van der Waals surface area contributed by atoms with Gasteiger partial charge in [0.1, 0.15) is 5.82 Å². The van der Waals surface area contributed by atoms with E-state index in [4.69, 9.17) is 0 Å². The molecular formula is C21H31FN4O2. The van der Waals surface area contributed by atoms with Crippen molar-refractivity contribution in [1.29, 1.82) is 0 Å². The fourth-order valence-corrected chi connectivity index (χ4v) is 4.12. The van der Waals surface area contributed by atoms with Crippen LogP contribution in [-0.2, 0) is 11.3 Å². The van der Waals surface area contributed by atoms with E-state index >= 15 is 0 Å². The van der Waals surface area contributed by atoms with Crippen LogP contribution in [0.4, 0.5) is 9.18 Å². The highest BCUT2D eigenvalue weighted by molar-refractivity contribution is 5.80. The molecule has 2 aliphatic rings. The van der Waals surface area contributed by atoms with Crippen molar-refractivity contribution in [2.75, 3.05) is 40.3 Å². The molecule has 154 valence electrons. The first-order valence-corrected chi connectivity index (χ1v) is 10.2. The standard InChI is InChI=1S/C21H31FN4O2/c1-24(2)21(28)26-12-9-16(10-13-26)20(27)23-18-7-5-11-25(15-18)14-17-6-3-4-8-19(17)22/h3-4,6,8,16,18H,5,7,9-15H2,1-2H3,(H,23,27)/t18-/m1/s1. The van der Waals surface area contributed by atoms with Crippen molar-refractivity contribution in [3.63, 3.8) is 0 Å². The quantitative estimate of drug-likeness (QED) is 0.858. The molecular weight excluding hydrogens is 359 g/mol. The third kappa shape index (κ3) is 5.22. The van der Waals surface area contributed by atoms with Gasteiger partial charge in [-0.15, -0.1) is 0 Å². The Kier molecular flexibility index (Phi) is 6.88. The minimum atomic E-state index is -0.173. The predicted molar refractivity (Wildman–Crippen MR) is 106 cm³/mol. The number of amides is 3. The van der Waals surface area contributed by atoms with Gasteiger partial charge in [0.15, 0.2) is 0 Å². The van der Waals surface area contributed by atoms with Crippen molar-refractivity contribution < 1.29 is 14.0 Å². The summed E-state index contributed by atoms with van der Waals surface area (Å²) in [5.41, 5.74) is 0.701. The van der Waals surface area contributed by atoms with Gasteiger partial charge in [0, 0.05) is 57.8 Å². The van der Waals surface area contributed by atoms with Crippen LogP contribution in [0.5, 0.6) is 0 Å². The van der Waals surface area contributed by atoms with Crippen molar-refractivity contribution in [2.24, 2.45) is 5.92 Å². The lowest BCUT2D eigenvalue weighted by Crippen LogP contribution is -2.51. The van der Waals surface area contributed by atoms with Crippen molar-refractivity contribution in [1.82, 2.24) is 20.0 Å². The monoisotopic (exact) mass is 390 g/mol. The van der Waals surface area contributed by atoms with Crippen LogP contribution in [0, 0.1) is 11.7 Å². The second-order valence-electron chi connectivity index (χ2n) is 8.11. The Morgan fingerprint density at radius 3 is 2.54 bits per heavy atom. The average molecular weight is 391 g/mol. The number of likely N-dealkylation sites (tertiary alicyclic amines) is 2. The number of nitrogens with zero attached hydrogens (tertiary/aromatic N) is 3. The smallest absolute Gasteiger partial charge is 0.319 e. The first-order valence-electron chi connectivity index (χ1n) is 10.2. The lowest BCUT2D eigenvalue weighted by atomic mass is 9.95. The molecule has 0 aromatic heterocycles. The Balaban J connectivity index is 1.47. The minimum Gasteiger partial charge on any atom is -0.352 e. The van der Waals surface area contributed by atoms with Crippen LogP contribution in [0.1, 0.15) is 31.2 Å². The summed E-state index contributed by atoms with van der Waals surface area (Å²) in [5, 5.41) is 3.20. The van der Waals surface area contributed by atoms with E-state index in [-0.39, 0.29) is 29.7 Å². The van der Waals surface area contributed by atoms with Gasteiger partial charge in [-0.2, -0.15) is 0 Å². The molecule has 2 heterocycles. The molecule has 2 saturated heterocycles. The van der Waals surface area contributed by atoms with Gasteiger partial charge < -0.3 is 15.1 Å². The van der Waals surface area contributed by atoms with Gasteiger partial charge in [-0.25, -0.2) is 9.18 Å². The molecule has 6 nitrogen and oxygen atoms in total. The van der Waals surface area contributed by atoms with Crippen molar-refractivity contribution >= 4 is 11.9 Å². The summed E-state index contributed by atoms with van der Waals surface area (Å²) in [6, 6.07) is 6.99. The van der Waals surface area contributed by atoms with Gasteiger partial charge in [-0.05, 0) is 38.3 Å². The van der Waals surface area contributed by atoms with Crippen molar-refractivity contribution in [3.05, 3.63) is 35.6 Å². The fourth-order valence-electron chi connectivity index (χ4n) is 4.12. The first-order chi connectivity index (χ1) is 13.4. The van der Waals surface area contributed by atoms with E-state index in [0.717, 1.165) is 25.9 Å². The summed E-state index contributed by atoms with van der Waals surface area (Å²) in [6.07, 6.45) is 3.36. The zero-order chi connectivity index (χ0) is 20.1. The van der Waals surface area contributed by atoms with E-state index in [1.807, 2.05) is 12.1 Å². The van der Waals surface area contributed by atoms with E-state index in [1.54, 1.807) is 30.0 Å². The Bertz CT molecular complexity index is 689. The SMILES string of the molecule is CN(C)C(=O)N1CCC(C(=O)N[C@@H]2CCCN(Cc3ccccc3F)C2)CC1. The van der Waals surface area contributed by atoms with Crippen molar-refractivity contribution in [2.45, 2.75) is 38.3 Å². The van der Waals surface area contributed by atoms with Crippen LogP contribution in [0.25, 0.3) is 0 Å². The maximum atomic E-state index is 13.9. The number of nitrogens with one attached hydrogen (secondary N) is 1. The van der Waals surface area contributed by atoms with Crippen LogP contribution in [0.2, 0.25) is 0 Å². The van der Waals surface area contributed by atoms with E-state index in [1.165, 1.54) is 6.07 Å². The second kappa shape index (κ2) is 9.37. The number of halogens is 1. The van der Waals surface area contributed by atoms with E-state index in [0.29, 0.717) is 38.0 Å². The molecule has 1 aromatic rings. The summed E-state index contributed by atoms with van der Waals surface area (Å²) in [6.45, 7) is 3.49. The number of carbonyl (C=O) groups excluding carboxylic acids is 2. The molecule has 7 heteroatoms. The molecule has 1 atom stereocenters. The molecule has 0 radical (unpaired) electrons. The minimum absolute atomic E-state index is 0.00919. The first kappa shape index (κ1) is 20.6. The van der Waals surface area contributed by atoms with E-state index in [9.17, 15) is 14.0 Å². The molecule has 2 fully saturated rings. The number of piperidine rings is 2. The third-order valence-corrected chi connectivity index (χ3v) is 5.72. The Labute approximate surface area is 166 Å². The summed E-state index contributed by atoms with van der Waals surface area (Å²) < 4.78 is 13.9. The third-order valence-electron chi connectivity index (χ3n) is 5.72. The largest absolute Gasteiger partial charge is 0.352 e. The van der Waals surface area contributed by atoms with Gasteiger partial charge in [-0.3, -0.25) is 9.69 Å². The Morgan fingerprint density at radius 1 is 1.14 bits per heavy atom. The molecule has 1 N–H and O–H groups in total. The van der Waals surface area contributed by atoms with Crippen LogP contribution < -0.4 is 5.32 Å². The lowest BCUT2D eigenvalue weighted by Gasteiger charge is -2.36. The van der Waals surface area contributed by atoms with Gasteiger partial charge >= 0.3 is 6.03 Å². The van der Waals surface area contributed by atoms with Crippen molar-refractivity contribution in [3.8, 4) is 0 Å². The molecule has 28 heavy (non-hydrogen) atoms. The van der Waals surface area contributed by atoms with E-state index < -0.39 is 0 Å². The number of rotatable bonds is 4. The molecule has 0 saturated carbocycles. The van der Waals surface area contributed by atoms with Gasteiger partial charge in [0.05, 0.1) is 0 Å². The number of hydrogen-bond acceptors (Lipinski definition) is 3. The zero-order valence-electron chi connectivity index (χ0n) is 16.9. The second-order valence-corrected chi connectivity index (χ2v) is 8.11. The number of carbonyl (C=O) groups is 2. The van der Waals surface area contributed by atoms with Crippen LogP contribution in [0.15, 0.2) is 24.3 Å². The maximum Gasteiger partial charge on any atom is 0.319 e. The highest BCUT2D eigenvalue weighted by atomic mass is 19.1. The normalized spacial score (nSPS) is 21.4. The molecule has 1 aromatic carbocycles. The van der Waals surface area contributed by atoms with Gasteiger partial charge in [0.25, 0.3) is 0 Å².